The van der Waals surface area contributed by atoms with Crippen molar-refractivity contribution in [2.45, 2.75) is 31.7 Å². The first-order valence-electron chi connectivity index (χ1n) is 11.5. The second-order valence-corrected chi connectivity index (χ2v) is 8.89. The Morgan fingerprint density at radius 2 is 1.95 bits per heavy atom. The predicted octanol–water partition coefficient (Wildman–Crippen LogP) is 2.63. The summed E-state index contributed by atoms with van der Waals surface area (Å²) in [7, 11) is 0. The lowest BCUT2D eigenvalue weighted by Gasteiger charge is -2.16. The number of primary amides is 1. The van der Waals surface area contributed by atoms with Gasteiger partial charge in [-0.25, -0.2) is 4.68 Å². The van der Waals surface area contributed by atoms with Crippen LogP contribution in [0.25, 0.3) is 16.9 Å². The van der Waals surface area contributed by atoms with Gasteiger partial charge in [-0.2, -0.15) is 5.10 Å². The van der Waals surface area contributed by atoms with Gasteiger partial charge in [0.2, 0.25) is 17.7 Å². The molecule has 1 unspecified atom stereocenters. The molecule has 0 radical (unpaired) electrons. The number of guanidine groups is 1. The van der Waals surface area contributed by atoms with Crippen LogP contribution < -0.4 is 26.8 Å². The Morgan fingerprint density at radius 1 is 1.14 bits per heavy atom. The number of benzene rings is 1. The van der Waals surface area contributed by atoms with Crippen molar-refractivity contribution in [2.75, 3.05) is 13.2 Å². The van der Waals surface area contributed by atoms with Crippen molar-refractivity contribution in [3.63, 3.8) is 0 Å². The summed E-state index contributed by atoms with van der Waals surface area (Å²) in [6, 6.07) is 9.78. The number of ether oxygens (including phenoxy) is 1. The molecule has 13 heteroatoms. The van der Waals surface area contributed by atoms with Gasteiger partial charge in [0, 0.05) is 37.0 Å². The van der Waals surface area contributed by atoms with Gasteiger partial charge in [0.1, 0.15) is 6.04 Å². The number of halogens is 2. The Balaban J connectivity index is 1.60. The third-order valence-electron chi connectivity index (χ3n) is 5.24. The van der Waals surface area contributed by atoms with Crippen LogP contribution in [0.15, 0.2) is 48.8 Å². The summed E-state index contributed by atoms with van der Waals surface area (Å²) < 4.78 is 7.56. The SMILES string of the molecule is N=C(N)NCCCC(NC(=O)CCCOc1cc(-c2cccnc2)nn1-c1ccc(Cl)c(Cl)c1)C(N)=O. The number of carbonyl (C=O) groups excluding carboxylic acids is 2. The van der Waals surface area contributed by atoms with Gasteiger partial charge in [-0.05, 0) is 49.6 Å². The molecule has 3 rings (SSSR count). The van der Waals surface area contributed by atoms with E-state index >= 15 is 0 Å². The van der Waals surface area contributed by atoms with Crippen molar-refractivity contribution in [1.29, 1.82) is 5.41 Å². The molecule has 7 N–H and O–H groups in total. The van der Waals surface area contributed by atoms with E-state index in [-0.39, 0.29) is 24.9 Å². The van der Waals surface area contributed by atoms with Crippen LogP contribution >= 0.6 is 23.2 Å². The highest BCUT2D eigenvalue weighted by atomic mass is 35.5. The minimum atomic E-state index is -0.805. The van der Waals surface area contributed by atoms with Crippen LogP contribution in [0.1, 0.15) is 25.7 Å². The van der Waals surface area contributed by atoms with Crippen molar-refractivity contribution in [3.05, 3.63) is 58.8 Å². The second-order valence-electron chi connectivity index (χ2n) is 8.08. The number of pyridine rings is 1. The molecule has 0 aliphatic rings. The van der Waals surface area contributed by atoms with Crippen molar-refractivity contribution < 1.29 is 14.3 Å². The van der Waals surface area contributed by atoms with E-state index in [1.165, 1.54) is 0 Å². The Bertz CT molecular complexity index is 1240. The summed E-state index contributed by atoms with van der Waals surface area (Å²) in [6.07, 6.45) is 4.73. The van der Waals surface area contributed by atoms with Crippen LogP contribution in [-0.2, 0) is 9.59 Å². The Kier molecular flexibility index (Phi) is 10.1. The summed E-state index contributed by atoms with van der Waals surface area (Å²) >= 11 is 12.3. The molecular weight excluding hydrogens is 519 g/mol. The van der Waals surface area contributed by atoms with Crippen molar-refractivity contribution in [2.24, 2.45) is 11.5 Å². The molecule has 1 atom stereocenters. The monoisotopic (exact) mass is 546 g/mol. The number of nitrogens with two attached hydrogens (primary N) is 2. The number of hydrogen-bond donors (Lipinski definition) is 5. The molecule has 2 aromatic heterocycles. The largest absolute Gasteiger partial charge is 0.478 e. The summed E-state index contributed by atoms with van der Waals surface area (Å²) in [5.41, 5.74) is 12.7. The van der Waals surface area contributed by atoms with Crippen LogP contribution in [-0.4, -0.2) is 51.7 Å². The van der Waals surface area contributed by atoms with Gasteiger partial charge in [0.25, 0.3) is 0 Å². The predicted molar refractivity (Wildman–Crippen MR) is 142 cm³/mol. The van der Waals surface area contributed by atoms with Gasteiger partial charge < -0.3 is 26.8 Å². The van der Waals surface area contributed by atoms with Gasteiger partial charge in [0.15, 0.2) is 5.96 Å². The first-order chi connectivity index (χ1) is 17.7. The third-order valence-corrected chi connectivity index (χ3v) is 5.98. The first-order valence-corrected chi connectivity index (χ1v) is 12.3. The normalized spacial score (nSPS) is 11.5. The third kappa shape index (κ3) is 8.36. The minimum Gasteiger partial charge on any atom is -0.478 e. The maximum atomic E-state index is 12.4. The fraction of sp³-hybridized carbons (Fsp3) is 0.292. The number of hydrogen-bond acceptors (Lipinski definition) is 6. The van der Waals surface area contributed by atoms with E-state index in [9.17, 15) is 9.59 Å². The summed E-state index contributed by atoms with van der Waals surface area (Å²) in [5, 5.41) is 17.8. The highest BCUT2D eigenvalue weighted by Crippen LogP contribution is 2.29. The zero-order valence-corrected chi connectivity index (χ0v) is 21.4. The lowest BCUT2D eigenvalue weighted by molar-refractivity contribution is -0.127. The molecule has 37 heavy (non-hydrogen) atoms. The van der Waals surface area contributed by atoms with Crippen molar-refractivity contribution in [3.8, 4) is 22.8 Å². The molecule has 196 valence electrons. The lowest BCUT2D eigenvalue weighted by Crippen LogP contribution is -2.45. The van der Waals surface area contributed by atoms with Crippen LogP contribution in [0.2, 0.25) is 10.0 Å². The van der Waals surface area contributed by atoms with Crippen LogP contribution in [0, 0.1) is 5.41 Å². The van der Waals surface area contributed by atoms with Crippen molar-refractivity contribution >= 4 is 41.0 Å². The smallest absolute Gasteiger partial charge is 0.240 e. The molecule has 0 saturated carbocycles. The Hall–Kier alpha value is -3.83. The maximum Gasteiger partial charge on any atom is 0.240 e. The number of carbonyl (C=O) groups is 2. The Morgan fingerprint density at radius 3 is 2.62 bits per heavy atom. The molecule has 2 heterocycles. The maximum absolute atomic E-state index is 12.4. The summed E-state index contributed by atoms with van der Waals surface area (Å²) in [5.74, 6) is -0.653. The number of rotatable bonds is 13. The van der Waals surface area contributed by atoms with Crippen LogP contribution in [0.4, 0.5) is 0 Å². The zero-order chi connectivity index (χ0) is 26.8. The van der Waals surface area contributed by atoms with Gasteiger partial charge in [-0.15, -0.1) is 0 Å². The number of amides is 2. The molecule has 0 aliphatic carbocycles. The number of aromatic nitrogens is 3. The topological polar surface area (TPSA) is 174 Å². The van der Waals surface area contributed by atoms with Gasteiger partial charge in [-0.1, -0.05) is 23.2 Å². The van der Waals surface area contributed by atoms with E-state index in [1.54, 1.807) is 41.3 Å². The highest BCUT2D eigenvalue weighted by Gasteiger charge is 2.18. The van der Waals surface area contributed by atoms with Crippen LogP contribution in [0.5, 0.6) is 5.88 Å². The average Bonchev–Trinajstić information content (AvgIpc) is 3.30. The van der Waals surface area contributed by atoms with E-state index in [2.05, 4.69) is 20.7 Å². The quantitative estimate of drug-likeness (QED) is 0.124. The van der Waals surface area contributed by atoms with E-state index in [0.29, 0.717) is 53.1 Å². The van der Waals surface area contributed by atoms with Crippen LogP contribution in [0.3, 0.4) is 0 Å². The fourth-order valence-electron chi connectivity index (χ4n) is 3.41. The summed E-state index contributed by atoms with van der Waals surface area (Å²) in [4.78, 5) is 28.2. The molecule has 0 saturated heterocycles. The molecule has 3 aromatic rings. The minimum absolute atomic E-state index is 0.131. The molecule has 0 fully saturated rings. The molecule has 0 aliphatic heterocycles. The van der Waals surface area contributed by atoms with Gasteiger partial charge in [0.05, 0.1) is 28.0 Å². The summed E-state index contributed by atoms with van der Waals surface area (Å²) in [6.45, 7) is 0.618. The first kappa shape index (κ1) is 27.8. The molecule has 0 spiro atoms. The molecule has 11 nitrogen and oxygen atoms in total. The highest BCUT2D eigenvalue weighted by molar-refractivity contribution is 6.42. The Labute approximate surface area is 224 Å². The molecule has 2 amide bonds. The van der Waals surface area contributed by atoms with Gasteiger partial charge in [-0.3, -0.25) is 20.0 Å². The fourth-order valence-corrected chi connectivity index (χ4v) is 3.71. The van der Waals surface area contributed by atoms with E-state index in [4.69, 9.17) is 44.8 Å². The van der Waals surface area contributed by atoms with E-state index in [0.717, 1.165) is 5.56 Å². The standard InChI is InChI=1S/C24H28Cl2N8O3/c25-17-8-7-16(12-18(17)26)34-22(13-20(33-34)15-4-1-9-30-14-15)37-11-3-6-21(35)32-19(23(27)36)5-2-10-31-24(28)29/h1,4,7-9,12-14,19H,2-3,5-6,10-11H2,(H2,27,36)(H,32,35)(H4,28,29,31). The molecule has 0 bridgehead atoms. The van der Waals surface area contributed by atoms with E-state index < -0.39 is 11.9 Å². The lowest BCUT2D eigenvalue weighted by atomic mass is 10.1. The molecule has 1 aromatic carbocycles. The molecular formula is C24H28Cl2N8O3. The number of nitrogens with one attached hydrogen (secondary N) is 3. The average molecular weight is 547 g/mol. The zero-order valence-electron chi connectivity index (χ0n) is 19.9. The number of nitrogens with zero attached hydrogens (tertiary/aromatic N) is 3. The van der Waals surface area contributed by atoms with Gasteiger partial charge >= 0.3 is 0 Å². The van der Waals surface area contributed by atoms with E-state index in [1.807, 2.05) is 12.1 Å². The second kappa shape index (κ2) is 13.5. The van der Waals surface area contributed by atoms with Crippen molar-refractivity contribution in [1.82, 2.24) is 25.4 Å².